The molecule has 1 aromatic heterocycles. The lowest BCUT2D eigenvalue weighted by atomic mass is 10.1. The van der Waals surface area contributed by atoms with Crippen LogP contribution in [0.4, 0.5) is 5.69 Å². The van der Waals surface area contributed by atoms with Crippen molar-refractivity contribution in [3.8, 4) is 0 Å². The van der Waals surface area contributed by atoms with Gasteiger partial charge in [-0.2, -0.15) is 0 Å². The summed E-state index contributed by atoms with van der Waals surface area (Å²) in [6, 6.07) is 6.28. The molecule has 2 heterocycles. The van der Waals surface area contributed by atoms with Crippen LogP contribution in [0.25, 0.3) is 0 Å². The Labute approximate surface area is 155 Å². The molecule has 11 heteroatoms. The molecule has 134 valence electrons. The summed E-state index contributed by atoms with van der Waals surface area (Å²) in [5.41, 5.74) is 0.951. The number of anilines is 1. The van der Waals surface area contributed by atoms with Gasteiger partial charge in [-0.05, 0) is 49.2 Å². The highest BCUT2D eigenvalue weighted by Gasteiger charge is 2.38. The maximum atomic E-state index is 13.0. The summed E-state index contributed by atoms with van der Waals surface area (Å²) in [5, 5.41) is 4.99. The largest absolute Gasteiger partial charge is 0.267 e. The zero-order chi connectivity index (χ0) is 18.6. The number of sulfonamides is 2. The van der Waals surface area contributed by atoms with Gasteiger partial charge in [0.15, 0.2) is 5.15 Å². The maximum absolute atomic E-state index is 13.0. The third kappa shape index (κ3) is 3.22. The molecule has 0 spiro atoms. The van der Waals surface area contributed by atoms with Crippen molar-refractivity contribution in [2.24, 2.45) is 5.14 Å². The molecule has 0 amide bonds. The lowest BCUT2D eigenvalue weighted by Crippen LogP contribution is -2.36. The Morgan fingerprint density at radius 1 is 1.16 bits per heavy atom. The summed E-state index contributed by atoms with van der Waals surface area (Å²) < 4.78 is 50.3. The fourth-order valence-corrected chi connectivity index (χ4v) is 5.72. The number of halogens is 2. The van der Waals surface area contributed by atoms with E-state index in [2.05, 4.69) is 4.98 Å². The topological polar surface area (TPSA) is 110 Å². The van der Waals surface area contributed by atoms with E-state index in [9.17, 15) is 16.8 Å². The zero-order valence-corrected chi connectivity index (χ0v) is 16.0. The van der Waals surface area contributed by atoms with Gasteiger partial charge in [0.25, 0.3) is 10.0 Å². The van der Waals surface area contributed by atoms with Crippen LogP contribution in [0.3, 0.4) is 0 Å². The second-order valence-electron chi connectivity index (χ2n) is 5.61. The number of rotatable bonds is 3. The van der Waals surface area contributed by atoms with Gasteiger partial charge in [0, 0.05) is 6.04 Å². The SMILES string of the molecule is CC1Cc2cc(S(N)(=O)=O)ccc2N1S(=O)(=O)c1ccc(Cl)nc1Cl. The van der Waals surface area contributed by atoms with Crippen molar-refractivity contribution in [2.45, 2.75) is 29.2 Å². The number of primary sulfonamides is 1. The van der Waals surface area contributed by atoms with Crippen LogP contribution < -0.4 is 9.44 Å². The van der Waals surface area contributed by atoms with Crippen LogP contribution in [0.15, 0.2) is 40.1 Å². The highest BCUT2D eigenvalue weighted by Crippen LogP contribution is 2.39. The van der Waals surface area contributed by atoms with Crippen molar-refractivity contribution < 1.29 is 16.8 Å². The Hall–Kier alpha value is -1.39. The summed E-state index contributed by atoms with van der Waals surface area (Å²) in [4.78, 5) is 3.53. The number of nitrogens with zero attached hydrogens (tertiary/aromatic N) is 2. The summed E-state index contributed by atoms with van der Waals surface area (Å²) in [7, 11) is -7.87. The van der Waals surface area contributed by atoms with E-state index in [4.69, 9.17) is 28.3 Å². The third-order valence-electron chi connectivity index (χ3n) is 3.85. The van der Waals surface area contributed by atoms with E-state index < -0.39 is 26.1 Å². The first kappa shape index (κ1) is 18.4. The molecule has 0 saturated heterocycles. The van der Waals surface area contributed by atoms with Crippen LogP contribution in [-0.4, -0.2) is 27.9 Å². The molecule has 0 aliphatic carbocycles. The van der Waals surface area contributed by atoms with Crippen molar-refractivity contribution in [3.63, 3.8) is 0 Å². The van der Waals surface area contributed by atoms with E-state index in [1.165, 1.54) is 34.6 Å². The maximum Gasteiger partial charge on any atom is 0.267 e. The quantitative estimate of drug-likeness (QED) is 0.763. The van der Waals surface area contributed by atoms with Crippen molar-refractivity contribution in [3.05, 3.63) is 46.2 Å². The van der Waals surface area contributed by atoms with Gasteiger partial charge in [-0.15, -0.1) is 0 Å². The van der Waals surface area contributed by atoms with Crippen LogP contribution >= 0.6 is 23.2 Å². The third-order valence-corrected chi connectivity index (χ3v) is 7.33. The highest BCUT2D eigenvalue weighted by molar-refractivity contribution is 7.93. The standard InChI is InChI=1S/C14H13Cl2N3O4S2/c1-8-6-9-7-10(24(17,20)21)2-3-11(9)19(8)25(22,23)12-4-5-13(15)18-14(12)16/h2-5,7-8H,6H2,1H3,(H2,17,20,21). The Bertz CT molecular complexity index is 1070. The number of pyridine rings is 1. The first-order chi connectivity index (χ1) is 11.5. The van der Waals surface area contributed by atoms with Crippen LogP contribution in [0.1, 0.15) is 12.5 Å². The first-order valence-corrected chi connectivity index (χ1v) is 10.8. The molecule has 1 atom stereocenters. The normalized spacial score (nSPS) is 17.6. The lowest BCUT2D eigenvalue weighted by molar-refractivity contribution is 0.583. The number of hydrogen-bond acceptors (Lipinski definition) is 5. The Morgan fingerprint density at radius 2 is 1.84 bits per heavy atom. The lowest BCUT2D eigenvalue weighted by Gasteiger charge is -2.24. The predicted molar refractivity (Wildman–Crippen MR) is 94.9 cm³/mol. The van der Waals surface area contributed by atoms with E-state index in [-0.39, 0.29) is 20.1 Å². The van der Waals surface area contributed by atoms with Crippen LogP contribution in [-0.2, 0) is 26.5 Å². The van der Waals surface area contributed by atoms with Gasteiger partial charge in [-0.1, -0.05) is 23.2 Å². The molecule has 0 fully saturated rings. The highest BCUT2D eigenvalue weighted by atomic mass is 35.5. The van der Waals surface area contributed by atoms with Gasteiger partial charge < -0.3 is 0 Å². The van der Waals surface area contributed by atoms with Gasteiger partial charge >= 0.3 is 0 Å². The minimum atomic E-state index is -4.00. The fourth-order valence-electron chi connectivity index (χ4n) is 2.82. The van der Waals surface area contributed by atoms with E-state index in [1.807, 2.05) is 0 Å². The molecular weight excluding hydrogens is 409 g/mol. The van der Waals surface area contributed by atoms with E-state index in [1.54, 1.807) is 6.92 Å². The van der Waals surface area contributed by atoms with E-state index in [0.29, 0.717) is 17.7 Å². The summed E-state index contributed by atoms with van der Waals surface area (Å²) >= 11 is 11.7. The molecule has 0 saturated carbocycles. The van der Waals surface area contributed by atoms with Crippen LogP contribution in [0, 0.1) is 0 Å². The fraction of sp³-hybridized carbons (Fsp3) is 0.214. The van der Waals surface area contributed by atoms with Gasteiger partial charge in [0.1, 0.15) is 10.0 Å². The summed E-state index contributed by atoms with van der Waals surface area (Å²) in [6.45, 7) is 1.71. The van der Waals surface area contributed by atoms with E-state index in [0.717, 1.165) is 0 Å². The smallest absolute Gasteiger partial charge is 0.263 e. The molecule has 7 nitrogen and oxygen atoms in total. The molecule has 1 aromatic carbocycles. The van der Waals surface area contributed by atoms with Crippen molar-refractivity contribution in [2.75, 3.05) is 4.31 Å². The monoisotopic (exact) mass is 421 g/mol. The van der Waals surface area contributed by atoms with Gasteiger partial charge in [0.2, 0.25) is 10.0 Å². The number of hydrogen-bond donors (Lipinski definition) is 1. The van der Waals surface area contributed by atoms with Crippen LogP contribution in [0.2, 0.25) is 10.3 Å². The molecule has 0 radical (unpaired) electrons. The predicted octanol–water partition coefficient (Wildman–Crippen LogP) is 2.18. The Balaban J connectivity index is 2.13. The van der Waals surface area contributed by atoms with Crippen molar-refractivity contribution in [1.82, 2.24) is 4.98 Å². The zero-order valence-electron chi connectivity index (χ0n) is 12.8. The second-order valence-corrected chi connectivity index (χ2v) is 9.70. The molecule has 3 rings (SSSR count). The molecule has 1 aliphatic heterocycles. The minimum absolute atomic E-state index is 0.0658. The van der Waals surface area contributed by atoms with Crippen LogP contribution in [0.5, 0.6) is 0 Å². The second kappa shape index (κ2) is 6.10. The Morgan fingerprint density at radius 3 is 2.44 bits per heavy atom. The average molecular weight is 422 g/mol. The molecule has 1 unspecified atom stereocenters. The van der Waals surface area contributed by atoms with Crippen molar-refractivity contribution >= 4 is 48.9 Å². The molecule has 0 bridgehead atoms. The Kier molecular flexibility index (Phi) is 4.49. The molecule has 2 N–H and O–H groups in total. The number of aromatic nitrogens is 1. The molecular formula is C14H13Cl2N3O4S2. The average Bonchev–Trinajstić information content (AvgIpc) is 2.81. The van der Waals surface area contributed by atoms with Gasteiger partial charge in [-0.25, -0.2) is 27.0 Å². The number of benzene rings is 1. The van der Waals surface area contributed by atoms with Gasteiger partial charge in [0.05, 0.1) is 10.6 Å². The molecule has 2 aromatic rings. The van der Waals surface area contributed by atoms with Crippen molar-refractivity contribution in [1.29, 1.82) is 0 Å². The summed E-state index contributed by atoms with van der Waals surface area (Å²) in [5.74, 6) is 0. The summed E-state index contributed by atoms with van der Waals surface area (Å²) in [6.07, 6.45) is 0.344. The van der Waals surface area contributed by atoms with Gasteiger partial charge in [-0.3, -0.25) is 4.31 Å². The number of fused-ring (bicyclic) bond motifs is 1. The molecule has 1 aliphatic rings. The molecule has 25 heavy (non-hydrogen) atoms. The minimum Gasteiger partial charge on any atom is -0.263 e. The van der Waals surface area contributed by atoms with E-state index >= 15 is 0 Å². The first-order valence-electron chi connectivity index (χ1n) is 7.04. The number of nitrogens with two attached hydrogens (primary N) is 1.